The second kappa shape index (κ2) is 4.87. The van der Waals surface area contributed by atoms with E-state index in [-0.39, 0.29) is 24.0 Å². The lowest BCUT2D eigenvalue weighted by Gasteiger charge is -2.33. The molecule has 3 rings (SSSR count). The Morgan fingerprint density at radius 1 is 1.30 bits per heavy atom. The molecule has 0 bridgehead atoms. The summed E-state index contributed by atoms with van der Waals surface area (Å²) in [7, 11) is 0. The van der Waals surface area contributed by atoms with E-state index in [0.29, 0.717) is 22.5 Å². The number of fused-ring (bicyclic) bond motifs is 2. The molecule has 20 heavy (non-hydrogen) atoms. The van der Waals surface area contributed by atoms with E-state index in [9.17, 15) is 13.6 Å². The quantitative estimate of drug-likeness (QED) is 0.718. The molecule has 1 aliphatic heterocycles. The summed E-state index contributed by atoms with van der Waals surface area (Å²) in [6.45, 7) is 0. The van der Waals surface area contributed by atoms with E-state index in [2.05, 4.69) is 0 Å². The SMILES string of the molecule is O=C(CCl)N1C2=CC=C(F)CC2=Cc2cc(F)ccc21. The zero-order valence-electron chi connectivity index (χ0n) is 10.4. The number of halogens is 3. The molecule has 0 atom stereocenters. The minimum Gasteiger partial charge on any atom is -0.279 e. The third kappa shape index (κ3) is 2.06. The van der Waals surface area contributed by atoms with Crippen LogP contribution in [0, 0.1) is 5.82 Å². The van der Waals surface area contributed by atoms with Crippen molar-refractivity contribution in [3.8, 4) is 0 Å². The van der Waals surface area contributed by atoms with Crippen molar-refractivity contribution in [3.05, 3.63) is 58.8 Å². The topological polar surface area (TPSA) is 20.3 Å². The van der Waals surface area contributed by atoms with Crippen LogP contribution in [0.4, 0.5) is 14.5 Å². The van der Waals surface area contributed by atoms with Gasteiger partial charge in [0.1, 0.15) is 17.5 Å². The molecule has 0 unspecified atom stereocenters. The van der Waals surface area contributed by atoms with Crippen molar-refractivity contribution in [2.45, 2.75) is 6.42 Å². The van der Waals surface area contributed by atoms with Crippen molar-refractivity contribution in [2.75, 3.05) is 10.8 Å². The molecule has 0 radical (unpaired) electrons. The Kier molecular flexibility index (Phi) is 3.18. The van der Waals surface area contributed by atoms with E-state index in [1.807, 2.05) is 0 Å². The van der Waals surface area contributed by atoms with Gasteiger partial charge in [-0.1, -0.05) is 0 Å². The lowest BCUT2D eigenvalue weighted by Crippen LogP contribution is -2.34. The number of carbonyl (C=O) groups excluding carboxylic acids is 1. The number of amides is 1. The van der Waals surface area contributed by atoms with Crippen molar-refractivity contribution >= 4 is 29.3 Å². The maximum Gasteiger partial charge on any atom is 0.246 e. The van der Waals surface area contributed by atoms with Crippen LogP contribution in [0.5, 0.6) is 0 Å². The first-order valence-electron chi connectivity index (χ1n) is 6.06. The molecule has 1 aliphatic carbocycles. The van der Waals surface area contributed by atoms with Crippen molar-refractivity contribution in [2.24, 2.45) is 0 Å². The third-order valence-corrected chi connectivity index (χ3v) is 3.50. The molecule has 102 valence electrons. The van der Waals surface area contributed by atoms with E-state index in [1.165, 1.54) is 29.2 Å². The second-order valence-electron chi connectivity index (χ2n) is 4.58. The van der Waals surface area contributed by atoms with Crippen molar-refractivity contribution in [1.82, 2.24) is 0 Å². The minimum atomic E-state index is -0.405. The van der Waals surface area contributed by atoms with Gasteiger partial charge >= 0.3 is 0 Å². The molecule has 0 aromatic heterocycles. The van der Waals surface area contributed by atoms with Gasteiger partial charge in [0, 0.05) is 12.0 Å². The van der Waals surface area contributed by atoms with E-state index < -0.39 is 5.82 Å². The highest BCUT2D eigenvalue weighted by molar-refractivity contribution is 6.30. The minimum absolute atomic E-state index is 0.0911. The van der Waals surface area contributed by atoms with Gasteiger partial charge in [0.15, 0.2) is 0 Å². The molecule has 2 aliphatic rings. The fraction of sp³-hybridized carbons (Fsp3) is 0.133. The fourth-order valence-electron chi connectivity index (χ4n) is 2.44. The molecule has 0 saturated carbocycles. The summed E-state index contributed by atoms with van der Waals surface area (Å²) in [5.74, 6) is -1.23. The van der Waals surface area contributed by atoms with Crippen LogP contribution in [0.2, 0.25) is 0 Å². The molecular formula is C15H10ClF2NO. The third-order valence-electron chi connectivity index (χ3n) is 3.28. The number of anilines is 1. The zero-order chi connectivity index (χ0) is 14.3. The van der Waals surface area contributed by atoms with Gasteiger partial charge in [-0.25, -0.2) is 8.78 Å². The van der Waals surface area contributed by atoms with Crippen LogP contribution in [-0.4, -0.2) is 11.8 Å². The summed E-state index contributed by atoms with van der Waals surface area (Å²) in [5.41, 5.74) is 2.34. The monoisotopic (exact) mass is 293 g/mol. The average molecular weight is 294 g/mol. The van der Waals surface area contributed by atoms with Crippen LogP contribution in [0.15, 0.2) is 47.4 Å². The Bertz CT molecular complexity index is 691. The molecule has 1 heterocycles. The molecule has 0 saturated heterocycles. The largest absolute Gasteiger partial charge is 0.279 e. The first kappa shape index (κ1) is 13.1. The maximum absolute atomic E-state index is 13.4. The van der Waals surface area contributed by atoms with Gasteiger partial charge in [-0.05, 0) is 42.0 Å². The summed E-state index contributed by atoms with van der Waals surface area (Å²) in [5, 5.41) is 0. The Morgan fingerprint density at radius 2 is 2.10 bits per heavy atom. The van der Waals surface area contributed by atoms with Crippen LogP contribution in [0.1, 0.15) is 12.0 Å². The molecule has 0 N–H and O–H groups in total. The highest BCUT2D eigenvalue weighted by Crippen LogP contribution is 2.39. The van der Waals surface area contributed by atoms with Gasteiger partial charge in [-0.15, -0.1) is 11.6 Å². The normalized spacial score (nSPS) is 16.8. The summed E-state index contributed by atoms with van der Waals surface area (Å²) >= 11 is 5.64. The fourth-order valence-corrected chi connectivity index (χ4v) is 2.56. The van der Waals surface area contributed by atoms with E-state index in [4.69, 9.17) is 11.6 Å². The highest BCUT2D eigenvalue weighted by Gasteiger charge is 2.29. The van der Waals surface area contributed by atoms with E-state index in [1.54, 1.807) is 12.2 Å². The van der Waals surface area contributed by atoms with E-state index >= 15 is 0 Å². The Balaban J connectivity index is 2.21. The van der Waals surface area contributed by atoms with Gasteiger partial charge in [0.05, 0.1) is 11.4 Å². The molecule has 5 heteroatoms. The predicted molar refractivity (Wildman–Crippen MR) is 74.5 cm³/mol. The summed E-state index contributed by atoms with van der Waals surface area (Å²) in [6.07, 6.45) is 4.67. The predicted octanol–water partition coefficient (Wildman–Crippen LogP) is 3.94. The number of alkyl halides is 1. The van der Waals surface area contributed by atoms with Gasteiger partial charge in [-0.2, -0.15) is 0 Å². The lowest BCUT2D eigenvalue weighted by molar-refractivity contribution is -0.115. The van der Waals surface area contributed by atoms with Crippen molar-refractivity contribution < 1.29 is 13.6 Å². The number of hydrogen-bond donors (Lipinski definition) is 0. The summed E-state index contributed by atoms with van der Waals surface area (Å²) < 4.78 is 26.7. The number of hydrogen-bond acceptors (Lipinski definition) is 1. The van der Waals surface area contributed by atoms with Crippen LogP contribution in [0.25, 0.3) is 6.08 Å². The first-order valence-corrected chi connectivity index (χ1v) is 6.59. The van der Waals surface area contributed by atoms with Crippen LogP contribution < -0.4 is 4.90 Å². The van der Waals surface area contributed by atoms with Gasteiger partial charge in [0.25, 0.3) is 0 Å². The smallest absolute Gasteiger partial charge is 0.246 e. The van der Waals surface area contributed by atoms with Crippen LogP contribution in [-0.2, 0) is 4.79 Å². The average Bonchev–Trinajstić information content (AvgIpc) is 2.43. The van der Waals surface area contributed by atoms with Crippen molar-refractivity contribution in [3.63, 3.8) is 0 Å². The number of nitrogens with zero attached hydrogens (tertiary/aromatic N) is 1. The van der Waals surface area contributed by atoms with Crippen molar-refractivity contribution in [1.29, 1.82) is 0 Å². The highest BCUT2D eigenvalue weighted by atomic mass is 35.5. The number of benzene rings is 1. The number of carbonyl (C=O) groups is 1. The molecule has 1 aromatic carbocycles. The summed E-state index contributed by atoms with van der Waals surface area (Å²) in [6, 6.07) is 4.13. The maximum atomic E-state index is 13.4. The molecule has 0 fully saturated rings. The molecule has 1 amide bonds. The zero-order valence-corrected chi connectivity index (χ0v) is 11.1. The molecule has 2 nitrogen and oxygen atoms in total. The number of rotatable bonds is 1. The molecule has 1 aromatic rings. The van der Waals surface area contributed by atoms with E-state index in [0.717, 1.165) is 0 Å². The van der Waals surface area contributed by atoms with Gasteiger partial charge in [0.2, 0.25) is 5.91 Å². The van der Waals surface area contributed by atoms with Gasteiger partial charge < -0.3 is 0 Å². The Morgan fingerprint density at radius 3 is 2.85 bits per heavy atom. The van der Waals surface area contributed by atoms with Crippen LogP contribution in [0.3, 0.4) is 0 Å². The second-order valence-corrected chi connectivity index (χ2v) is 4.84. The van der Waals surface area contributed by atoms with Crippen LogP contribution >= 0.6 is 11.6 Å². The molecular weight excluding hydrogens is 284 g/mol. The Labute approximate surface area is 119 Å². The number of allylic oxidation sites excluding steroid dienone is 4. The lowest BCUT2D eigenvalue weighted by atomic mass is 9.93. The summed E-state index contributed by atoms with van der Waals surface area (Å²) in [4.78, 5) is 13.5. The van der Waals surface area contributed by atoms with Gasteiger partial charge in [-0.3, -0.25) is 9.69 Å². The standard InChI is InChI=1S/C15H10ClF2NO/c16-8-15(20)19-13-3-1-11(17)6-9(13)5-10-7-12(18)2-4-14(10)19/h1-6H,7-8H2. The first-order chi connectivity index (χ1) is 9.60. The molecule has 0 spiro atoms. The Hall–Kier alpha value is -1.94.